The molecular weight excluding hydrogens is 238 g/mol. The molecule has 0 saturated heterocycles. The Morgan fingerprint density at radius 1 is 1.47 bits per heavy atom. The first-order valence-corrected chi connectivity index (χ1v) is 6.95. The van der Waals surface area contributed by atoms with E-state index in [4.69, 9.17) is 5.73 Å². The molecular formula is C15H23N3O. The van der Waals surface area contributed by atoms with E-state index in [1.54, 1.807) is 4.90 Å². The van der Waals surface area contributed by atoms with Crippen LogP contribution < -0.4 is 10.6 Å². The summed E-state index contributed by atoms with van der Waals surface area (Å²) >= 11 is 0. The van der Waals surface area contributed by atoms with Gasteiger partial charge in [0, 0.05) is 31.7 Å². The largest absolute Gasteiger partial charge is 0.361 e. The average molecular weight is 261 g/mol. The Balaban J connectivity index is 2.14. The summed E-state index contributed by atoms with van der Waals surface area (Å²) in [5.74, 6) is 0.631. The Labute approximate surface area is 115 Å². The van der Waals surface area contributed by atoms with Crippen LogP contribution in [0.1, 0.15) is 24.8 Å². The number of para-hydroxylation sites is 1. The maximum absolute atomic E-state index is 12.1. The molecule has 0 bridgehead atoms. The SMILES string of the molecule is CCN(C)C(=O)CN1CC(CCN)c2ccccc21. The Morgan fingerprint density at radius 2 is 2.21 bits per heavy atom. The first-order chi connectivity index (χ1) is 9.17. The normalized spacial score (nSPS) is 17.4. The van der Waals surface area contributed by atoms with E-state index in [0.717, 1.165) is 19.5 Å². The van der Waals surface area contributed by atoms with Crippen LogP contribution in [-0.4, -0.2) is 44.0 Å². The van der Waals surface area contributed by atoms with Crippen molar-refractivity contribution in [2.75, 3.05) is 38.1 Å². The second-order valence-corrected chi connectivity index (χ2v) is 5.12. The number of hydrogen-bond donors (Lipinski definition) is 1. The van der Waals surface area contributed by atoms with E-state index >= 15 is 0 Å². The Hall–Kier alpha value is -1.55. The summed E-state index contributed by atoms with van der Waals surface area (Å²) in [6.07, 6.45) is 0.978. The molecule has 19 heavy (non-hydrogen) atoms. The monoisotopic (exact) mass is 261 g/mol. The fourth-order valence-electron chi connectivity index (χ4n) is 2.64. The number of nitrogens with two attached hydrogens (primary N) is 1. The van der Waals surface area contributed by atoms with Gasteiger partial charge in [-0.2, -0.15) is 0 Å². The summed E-state index contributed by atoms with van der Waals surface area (Å²) in [4.78, 5) is 16.0. The molecule has 1 aliphatic heterocycles. The van der Waals surface area contributed by atoms with Crippen LogP contribution in [0.3, 0.4) is 0 Å². The predicted molar refractivity (Wildman–Crippen MR) is 78.4 cm³/mol. The molecule has 1 heterocycles. The molecule has 0 fully saturated rings. The van der Waals surface area contributed by atoms with Gasteiger partial charge in [0.05, 0.1) is 6.54 Å². The van der Waals surface area contributed by atoms with Crippen LogP contribution in [0.4, 0.5) is 5.69 Å². The second-order valence-electron chi connectivity index (χ2n) is 5.12. The molecule has 1 unspecified atom stereocenters. The molecule has 4 heteroatoms. The van der Waals surface area contributed by atoms with Gasteiger partial charge in [-0.05, 0) is 31.5 Å². The molecule has 0 aliphatic carbocycles. The van der Waals surface area contributed by atoms with Crippen LogP contribution in [0, 0.1) is 0 Å². The highest BCUT2D eigenvalue weighted by Gasteiger charge is 2.29. The number of anilines is 1. The number of likely N-dealkylation sites (N-methyl/N-ethyl adjacent to an activating group) is 1. The van der Waals surface area contributed by atoms with Gasteiger partial charge in [-0.25, -0.2) is 0 Å². The van der Waals surface area contributed by atoms with E-state index < -0.39 is 0 Å². The average Bonchev–Trinajstić information content (AvgIpc) is 2.77. The first kappa shape index (κ1) is 13.9. The molecule has 1 amide bonds. The van der Waals surface area contributed by atoms with Crippen molar-refractivity contribution >= 4 is 11.6 Å². The third kappa shape index (κ3) is 2.89. The van der Waals surface area contributed by atoms with Crippen LogP contribution in [0.15, 0.2) is 24.3 Å². The standard InChI is InChI=1S/C15H23N3O/c1-3-17(2)15(19)11-18-10-12(8-9-16)13-6-4-5-7-14(13)18/h4-7,12H,3,8-11,16H2,1-2H3. The van der Waals surface area contributed by atoms with Crippen molar-refractivity contribution in [3.63, 3.8) is 0 Å². The highest BCUT2D eigenvalue weighted by molar-refractivity contribution is 5.82. The molecule has 1 aromatic rings. The number of carbonyl (C=O) groups is 1. The van der Waals surface area contributed by atoms with Crippen molar-refractivity contribution < 1.29 is 4.79 Å². The van der Waals surface area contributed by atoms with Gasteiger partial charge in [0.25, 0.3) is 0 Å². The molecule has 0 saturated carbocycles. The lowest BCUT2D eigenvalue weighted by atomic mass is 9.98. The maximum Gasteiger partial charge on any atom is 0.241 e. The van der Waals surface area contributed by atoms with Crippen molar-refractivity contribution in [1.82, 2.24) is 4.90 Å². The number of fused-ring (bicyclic) bond motifs is 1. The summed E-state index contributed by atoms with van der Waals surface area (Å²) in [5.41, 5.74) is 8.21. The lowest BCUT2D eigenvalue weighted by molar-refractivity contribution is -0.128. The predicted octanol–water partition coefficient (Wildman–Crippen LogP) is 1.42. The van der Waals surface area contributed by atoms with E-state index in [1.165, 1.54) is 11.3 Å². The molecule has 1 aromatic carbocycles. The fraction of sp³-hybridized carbons (Fsp3) is 0.533. The third-order valence-electron chi connectivity index (χ3n) is 3.90. The number of amides is 1. The zero-order chi connectivity index (χ0) is 13.8. The Morgan fingerprint density at radius 3 is 2.89 bits per heavy atom. The van der Waals surface area contributed by atoms with Crippen LogP contribution in [0.2, 0.25) is 0 Å². The number of nitrogens with zero attached hydrogens (tertiary/aromatic N) is 2. The van der Waals surface area contributed by atoms with Crippen molar-refractivity contribution in [2.45, 2.75) is 19.3 Å². The van der Waals surface area contributed by atoms with Gasteiger partial charge in [0.1, 0.15) is 0 Å². The van der Waals surface area contributed by atoms with Crippen LogP contribution in [0.5, 0.6) is 0 Å². The highest BCUT2D eigenvalue weighted by atomic mass is 16.2. The maximum atomic E-state index is 12.1. The van der Waals surface area contributed by atoms with Crippen molar-refractivity contribution in [2.24, 2.45) is 5.73 Å². The van der Waals surface area contributed by atoms with Gasteiger partial charge in [-0.15, -0.1) is 0 Å². The van der Waals surface area contributed by atoms with Gasteiger partial charge in [0.15, 0.2) is 0 Å². The molecule has 104 valence electrons. The molecule has 0 radical (unpaired) electrons. The second kappa shape index (κ2) is 6.06. The molecule has 0 spiro atoms. The van der Waals surface area contributed by atoms with Gasteiger partial charge in [-0.3, -0.25) is 4.79 Å². The van der Waals surface area contributed by atoms with Crippen molar-refractivity contribution in [1.29, 1.82) is 0 Å². The molecule has 2 N–H and O–H groups in total. The number of rotatable bonds is 5. The number of hydrogen-bond acceptors (Lipinski definition) is 3. The summed E-state index contributed by atoms with van der Waals surface area (Å²) < 4.78 is 0. The Bertz CT molecular complexity index is 447. The molecule has 1 atom stereocenters. The smallest absolute Gasteiger partial charge is 0.241 e. The summed E-state index contributed by atoms with van der Waals surface area (Å²) in [5, 5.41) is 0. The minimum Gasteiger partial charge on any atom is -0.361 e. The van der Waals surface area contributed by atoms with E-state index in [1.807, 2.05) is 20.0 Å². The molecule has 4 nitrogen and oxygen atoms in total. The third-order valence-corrected chi connectivity index (χ3v) is 3.90. The van der Waals surface area contributed by atoms with E-state index in [-0.39, 0.29) is 5.91 Å². The zero-order valence-electron chi connectivity index (χ0n) is 11.8. The summed E-state index contributed by atoms with van der Waals surface area (Å²) in [6.45, 7) is 4.80. The van der Waals surface area contributed by atoms with Crippen molar-refractivity contribution in [3.05, 3.63) is 29.8 Å². The molecule has 0 aromatic heterocycles. The lowest BCUT2D eigenvalue weighted by Gasteiger charge is -2.23. The topological polar surface area (TPSA) is 49.6 Å². The van der Waals surface area contributed by atoms with Crippen molar-refractivity contribution in [3.8, 4) is 0 Å². The minimum absolute atomic E-state index is 0.172. The van der Waals surface area contributed by atoms with Crippen LogP contribution >= 0.6 is 0 Å². The van der Waals surface area contributed by atoms with Gasteiger partial charge >= 0.3 is 0 Å². The highest BCUT2D eigenvalue weighted by Crippen LogP contribution is 2.37. The quantitative estimate of drug-likeness (QED) is 0.872. The van der Waals surface area contributed by atoms with Crippen LogP contribution in [-0.2, 0) is 4.79 Å². The van der Waals surface area contributed by atoms with E-state index in [9.17, 15) is 4.79 Å². The van der Waals surface area contributed by atoms with Crippen LogP contribution in [0.25, 0.3) is 0 Å². The van der Waals surface area contributed by atoms with Gasteiger partial charge < -0.3 is 15.5 Å². The molecule has 2 rings (SSSR count). The Kier molecular flexibility index (Phi) is 4.43. The first-order valence-electron chi connectivity index (χ1n) is 6.95. The fourth-order valence-corrected chi connectivity index (χ4v) is 2.64. The lowest BCUT2D eigenvalue weighted by Crippen LogP contribution is -2.38. The summed E-state index contributed by atoms with van der Waals surface area (Å²) in [6, 6.07) is 8.35. The minimum atomic E-state index is 0.172. The summed E-state index contributed by atoms with van der Waals surface area (Å²) in [7, 11) is 1.85. The van der Waals surface area contributed by atoms with Gasteiger partial charge in [0.2, 0.25) is 5.91 Å². The zero-order valence-corrected chi connectivity index (χ0v) is 11.8. The number of carbonyl (C=O) groups excluding carboxylic acids is 1. The molecule has 1 aliphatic rings. The number of benzene rings is 1. The van der Waals surface area contributed by atoms with Gasteiger partial charge in [-0.1, -0.05) is 18.2 Å². The van der Waals surface area contributed by atoms with E-state index in [2.05, 4.69) is 23.1 Å². The van der Waals surface area contributed by atoms with E-state index in [0.29, 0.717) is 19.0 Å².